The molecule has 0 saturated heterocycles. The van der Waals surface area contributed by atoms with Crippen LogP contribution in [-0.4, -0.2) is 10.1 Å². The predicted molar refractivity (Wildman–Crippen MR) is 143 cm³/mol. The number of rotatable bonds is 1. The molecule has 0 spiro atoms. The first-order chi connectivity index (χ1) is 16.8. The van der Waals surface area contributed by atoms with E-state index in [1.54, 1.807) is 0 Å². The Morgan fingerprint density at radius 1 is 0.618 bits per heavy atom. The summed E-state index contributed by atoms with van der Waals surface area (Å²) >= 11 is 0. The number of hydrogen-bond donors (Lipinski definition) is 1. The standard InChI is InChI=1S/C19H18O.C13H9N/c20-12-14-11-19-15-6-2-1-5-13(15)9-10-18(19)17-8-4-3-7-16(14)17;1-2-6-11-10(5-1)9-14-13-8-4-3-7-12(11)13/h3-4,7-11,20H,1-2,5-6,12H2;1-9H. The number of aliphatic hydroxyl groups is 1. The van der Waals surface area contributed by atoms with Crippen molar-refractivity contribution in [3.8, 4) is 0 Å². The normalized spacial score (nSPS) is 13.1. The van der Waals surface area contributed by atoms with Gasteiger partial charge in [-0.15, -0.1) is 0 Å². The molecule has 1 N–H and O–H groups in total. The van der Waals surface area contributed by atoms with Gasteiger partial charge in [-0.3, -0.25) is 4.98 Å². The van der Waals surface area contributed by atoms with Gasteiger partial charge in [-0.05, 0) is 81.4 Å². The smallest absolute Gasteiger partial charge is 0.0708 e. The molecule has 2 nitrogen and oxygen atoms in total. The van der Waals surface area contributed by atoms with Crippen LogP contribution in [0.25, 0.3) is 43.2 Å². The fourth-order valence-electron chi connectivity index (χ4n) is 5.44. The van der Waals surface area contributed by atoms with Gasteiger partial charge < -0.3 is 5.11 Å². The molecule has 0 radical (unpaired) electrons. The molecule has 2 heteroatoms. The number of aromatic nitrogens is 1. The van der Waals surface area contributed by atoms with Crippen molar-refractivity contribution >= 4 is 43.2 Å². The maximum atomic E-state index is 9.70. The molecule has 1 heterocycles. The number of hydrogen-bond acceptors (Lipinski definition) is 2. The molecule has 0 atom stereocenters. The topological polar surface area (TPSA) is 33.1 Å². The quantitative estimate of drug-likeness (QED) is 0.265. The zero-order chi connectivity index (χ0) is 22.9. The first-order valence-electron chi connectivity index (χ1n) is 12.1. The summed E-state index contributed by atoms with van der Waals surface area (Å²) in [5.41, 5.74) is 5.12. The van der Waals surface area contributed by atoms with Crippen molar-refractivity contribution in [2.75, 3.05) is 0 Å². The van der Waals surface area contributed by atoms with E-state index in [0.29, 0.717) is 0 Å². The Morgan fingerprint density at radius 2 is 1.29 bits per heavy atom. The highest BCUT2D eigenvalue weighted by atomic mass is 16.3. The van der Waals surface area contributed by atoms with E-state index in [-0.39, 0.29) is 6.61 Å². The Balaban J connectivity index is 0.000000136. The van der Waals surface area contributed by atoms with E-state index >= 15 is 0 Å². The molecule has 1 aromatic heterocycles. The first kappa shape index (κ1) is 20.8. The first-order valence-corrected chi connectivity index (χ1v) is 12.1. The predicted octanol–water partition coefficient (Wildman–Crippen LogP) is 7.75. The minimum Gasteiger partial charge on any atom is -0.392 e. The minimum absolute atomic E-state index is 0.111. The second-order valence-electron chi connectivity index (χ2n) is 9.11. The van der Waals surface area contributed by atoms with E-state index in [9.17, 15) is 5.11 Å². The van der Waals surface area contributed by atoms with E-state index in [4.69, 9.17) is 0 Å². The third-order valence-electron chi connectivity index (χ3n) is 7.13. The summed E-state index contributed by atoms with van der Waals surface area (Å²) in [7, 11) is 0. The van der Waals surface area contributed by atoms with Crippen molar-refractivity contribution in [3.05, 3.63) is 114 Å². The number of fused-ring (bicyclic) bond motifs is 8. The van der Waals surface area contributed by atoms with E-state index in [0.717, 1.165) is 11.1 Å². The summed E-state index contributed by atoms with van der Waals surface area (Å²) in [6.07, 6.45) is 6.90. The molecule has 1 aliphatic rings. The van der Waals surface area contributed by atoms with Crippen LogP contribution in [0.2, 0.25) is 0 Å². The van der Waals surface area contributed by atoms with Gasteiger partial charge in [0.25, 0.3) is 0 Å². The third kappa shape index (κ3) is 3.61. The van der Waals surface area contributed by atoms with E-state index in [1.165, 1.54) is 74.5 Å². The second kappa shape index (κ2) is 8.89. The van der Waals surface area contributed by atoms with Gasteiger partial charge >= 0.3 is 0 Å². The molecule has 5 aromatic carbocycles. The molecule has 0 unspecified atom stereocenters. The van der Waals surface area contributed by atoms with Crippen LogP contribution in [0.4, 0.5) is 0 Å². The van der Waals surface area contributed by atoms with Crippen LogP contribution < -0.4 is 0 Å². The molecule has 0 aliphatic heterocycles. The zero-order valence-electron chi connectivity index (χ0n) is 19.2. The fraction of sp³-hybridized carbons (Fsp3) is 0.156. The Labute approximate surface area is 199 Å². The maximum absolute atomic E-state index is 9.70. The summed E-state index contributed by atoms with van der Waals surface area (Å²) in [6, 6.07) is 31.8. The summed E-state index contributed by atoms with van der Waals surface area (Å²) in [5.74, 6) is 0. The molecule has 0 amide bonds. The lowest BCUT2D eigenvalue weighted by Gasteiger charge is -2.19. The van der Waals surface area contributed by atoms with Gasteiger partial charge in [-0.1, -0.05) is 78.9 Å². The Kier molecular flexibility index (Phi) is 5.44. The lowest BCUT2D eigenvalue weighted by Crippen LogP contribution is -2.03. The number of pyridine rings is 1. The van der Waals surface area contributed by atoms with Gasteiger partial charge in [0, 0.05) is 17.0 Å². The highest BCUT2D eigenvalue weighted by Crippen LogP contribution is 2.35. The third-order valence-corrected chi connectivity index (χ3v) is 7.13. The monoisotopic (exact) mass is 441 g/mol. The van der Waals surface area contributed by atoms with Gasteiger partial charge in [-0.25, -0.2) is 0 Å². The lowest BCUT2D eigenvalue weighted by molar-refractivity contribution is 0.283. The van der Waals surface area contributed by atoms with E-state index < -0.39 is 0 Å². The van der Waals surface area contributed by atoms with Gasteiger partial charge in [0.15, 0.2) is 0 Å². The molecular formula is C32H27NO. The minimum atomic E-state index is 0.111. The summed E-state index contributed by atoms with van der Waals surface area (Å²) in [5, 5.41) is 18.5. The molecule has 34 heavy (non-hydrogen) atoms. The van der Waals surface area contributed by atoms with Crippen molar-refractivity contribution in [3.63, 3.8) is 0 Å². The van der Waals surface area contributed by atoms with Crippen LogP contribution in [0.3, 0.4) is 0 Å². The number of nitrogens with zero attached hydrogens (tertiary/aromatic N) is 1. The molecule has 0 fully saturated rings. The van der Waals surface area contributed by atoms with Crippen LogP contribution >= 0.6 is 0 Å². The van der Waals surface area contributed by atoms with Crippen LogP contribution in [-0.2, 0) is 19.4 Å². The Bertz CT molecular complexity index is 1600. The zero-order valence-corrected chi connectivity index (χ0v) is 19.2. The molecule has 0 bridgehead atoms. The summed E-state index contributed by atoms with van der Waals surface area (Å²) in [6.45, 7) is 0.111. The summed E-state index contributed by atoms with van der Waals surface area (Å²) in [4.78, 5) is 4.41. The summed E-state index contributed by atoms with van der Waals surface area (Å²) < 4.78 is 0. The number of benzene rings is 5. The number of aliphatic hydroxyl groups excluding tert-OH is 1. The highest BCUT2D eigenvalue weighted by Gasteiger charge is 2.15. The van der Waals surface area contributed by atoms with Crippen LogP contribution in [0, 0.1) is 0 Å². The lowest BCUT2D eigenvalue weighted by atomic mass is 9.85. The average Bonchev–Trinajstić information content (AvgIpc) is 2.92. The highest BCUT2D eigenvalue weighted by molar-refractivity contribution is 6.10. The molecule has 0 saturated carbocycles. The number of aryl methyl sites for hydroxylation is 2. The van der Waals surface area contributed by atoms with Crippen molar-refractivity contribution in [1.82, 2.24) is 4.98 Å². The van der Waals surface area contributed by atoms with Gasteiger partial charge in [0.1, 0.15) is 0 Å². The van der Waals surface area contributed by atoms with Gasteiger partial charge in [-0.2, -0.15) is 0 Å². The van der Waals surface area contributed by atoms with Crippen molar-refractivity contribution in [1.29, 1.82) is 0 Å². The van der Waals surface area contributed by atoms with Crippen molar-refractivity contribution in [2.45, 2.75) is 32.3 Å². The van der Waals surface area contributed by atoms with E-state index in [1.807, 2.05) is 30.5 Å². The maximum Gasteiger partial charge on any atom is 0.0708 e. The van der Waals surface area contributed by atoms with E-state index in [2.05, 4.69) is 71.7 Å². The van der Waals surface area contributed by atoms with Crippen LogP contribution in [0.1, 0.15) is 29.5 Å². The van der Waals surface area contributed by atoms with Gasteiger partial charge in [0.2, 0.25) is 0 Å². The fourth-order valence-corrected chi connectivity index (χ4v) is 5.44. The van der Waals surface area contributed by atoms with Crippen LogP contribution in [0.5, 0.6) is 0 Å². The second-order valence-corrected chi connectivity index (χ2v) is 9.11. The average molecular weight is 442 g/mol. The Hall–Kier alpha value is -3.75. The van der Waals surface area contributed by atoms with Gasteiger partial charge in [0.05, 0.1) is 12.1 Å². The SMILES string of the molecule is OCc1cc2c3c(ccc2c2ccccc12)CCCC3.c1ccc2c(c1)cnc1ccccc12. The van der Waals surface area contributed by atoms with Crippen molar-refractivity contribution < 1.29 is 5.11 Å². The van der Waals surface area contributed by atoms with Crippen molar-refractivity contribution in [2.24, 2.45) is 0 Å². The Morgan fingerprint density at radius 3 is 2.15 bits per heavy atom. The molecule has 7 rings (SSSR count). The number of para-hydroxylation sites is 1. The molecular weight excluding hydrogens is 414 g/mol. The molecule has 1 aliphatic carbocycles. The molecule has 6 aromatic rings. The molecule has 166 valence electrons. The largest absolute Gasteiger partial charge is 0.392 e. The van der Waals surface area contributed by atoms with Crippen LogP contribution in [0.15, 0.2) is 97.2 Å².